The Hall–Kier alpha value is -1.02. The average Bonchev–Trinajstić information content (AvgIpc) is 2.43. The molecule has 14 heavy (non-hydrogen) atoms. The maximum absolute atomic E-state index is 5.96. The zero-order chi connectivity index (χ0) is 10.3. The van der Waals surface area contributed by atoms with E-state index in [4.69, 9.17) is 5.73 Å². The smallest absolute Gasteiger partial charge is 0.0476 e. The van der Waals surface area contributed by atoms with E-state index >= 15 is 0 Å². The van der Waals surface area contributed by atoms with Gasteiger partial charge in [-0.2, -0.15) is 0 Å². The number of fused-ring (bicyclic) bond motifs is 1. The molecule has 0 aliphatic carbocycles. The molecule has 2 nitrogen and oxygen atoms in total. The maximum Gasteiger partial charge on any atom is 0.0476 e. The van der Waals surface area contributed by atoms with Crippen LogP contribution in [-0.2, 0) is 6.42 Å². The summed E-state index contributed by atoms with van der Waals surface area (Å²) in [6, 6.07) is 7.33. The summed E-state index contributed by atoms with van der Waals surface area (Å²) in [5.41, 5.74) is 10.1. The van der Waals surface area contributed by atoms with Gasteiger partial charge in [-0.25, -0.2) is 0 Å². The number of hydrogen-bond donors (Lipinski definition) is 1. The van der Waals surface area contributed by atoms with Crippen LogP contribution in [0.5, 0.6) is 0 Å². The lowest BCUT2D eigenvalue weighted by molar-refractivity contribution is 0.556. The summed E-state index contributed by atoms with van der Waals surface area (Å²) in [6.07, 6.45) is 1.09. The van der Waals surface area contributed by atoms with E-state index in [0.717, 1.165) is 6.42 Å². The van der Waals surface area contributed by atoms with Crippen LogP contribution in [0, 0.1) is 6.92 Å². The quantitative estimate of drug-likeness (QED) is 0.730. The van der Waals surface area contributed by atoms with E-state index in [-0.39, 0.29) is 6.04 Å². The third-order valence-electron chi connectivity index (χ3n) is 3.15. The summed E-state index contributed by atoms with van der Waals surface area (Å²) in [5.74, 6) is 0. The van der Waals surface area contributed by atoms with Crippen LogP contribution in [0.3, 0.4) is 0 Å². The molecular weight excluding hydrogens is 172 g/mol. The van der Waals surface area contributed by atoms with E-state index in [0.29, 0.717) is 6.04 Å². The minimum atomic E-state index is 0.229. The van der Waals surface area contributed by atoms with E-state index in [9.17, 15) is 0 Å². The average molecular weight is 190 g/mol. The van der Waals surface area contributed by atoms with Gasteiger partial charge in [-0.05, 0) is 31.9 Å². The molecule has 1 aromatic rings. The molecule has 1 aromatic carbocycles. The fourth-order valence-corrected chi connectivity index (χ4v) is 2.30. The summed E-state index contributed by atoms with van der Waals surface area (Å²) in [7, 11) is 2.13. The Balaban J connectivity index is 2.35. The molecule has 0 saturated carbocycles. The van der Waals surface area contributed by atoms with Crippen molar-refractivity contribution in [2.75, 3.05) is 11.9 Å². The second kappa shape index (κ2) is 3.28. The Bertz CT molecular complexity index is 344. The van der Waals surface area contributed by atoms with Gasteiger partial charge in [0.15, 0.2) is 0 Å². The van der Waals surface area contributed by atoms with Gasteiger partial charge in [0.25, 0.3) is 0 Å². The Morgan fingerprint density at radius 2 is 2.21 bits per heavy atom. The van der Waals surface area contributed by atoms with E-state index < -0.39 is 0 Å². The summed E-state index contributed by atoms with van der Waals surface area (Å²) in [5, 5.41) is 0. The summed E-state index contributed by atoms with van der Waals surface area (Å²) in [6.45, 7) is 4.22. The van der Waals surface area contributed by atoms with Crippen LogP contribution in [0.25, 0.3) is 0 Å². The minimum Gasteiger partial charge on any atom is -0.370 e. The molecule has 1 aliphatic heterocycles. The van der Waals surface area contributed by atoms with Crippen molar-refractivity contribution in [3.05, 3.63) is 29.3 Å². The van der Waals surface area contributed by atoms with Crippen molar-refractivity contribution < 1.29 is 0 Å². The third-order valence-corrected chi connectivity index (χ3v) is 3.15. The second-order valence-corrected chi connectivity index (χ2v) is 4.37. The lowest BCUT2D eigenvalue weighted by Gasteiger charge is -2.25. The fourth-order valence-electron chi connectivity index (χ4n) is 2.30. The molecule has 0 amide bonds. The molecule has 1 aliphatic rings. The lowest BCUT2D eigenvalue weighted by atomic mass is 10.0. The lowest BCUT2D eigenvalue weighted by Crippen LogP contribution is -2.42. The standard InChI is InChI=1S/C12H18N2/c1-8-4-5-11-10(6-8)7-12(9(2)13)14(11)3/h4-6,9,12H,7,13H2,1-3H3. The molecule has 2 rings (SSSR count). The van der Waals surface area contributed by atoms with Crippen LogP contribution in [0.1, 0.15) is 18.1 Å². The maximum atomic E-state index is 5.96. The van der Waals surface area contributed by atoms with Crippen molar-refractivity contribution in [1.29, 1.82) is 0 Å². The number of nitrogens with two attached hydrogens (primary N) is 1. The highest BCUT2D eigenvalue weighted by atomic mass is 15.2. The third kappa shape index (κ3) is 1.40. The number of nitrogens with zero attached hydrogens (tertiary/aromatic N) is 1. The zero-order valence-electron chi connectivity index (χ0n) is 9.12. The molecule has 0 saturated heterocycles. The first-order valence-electron chi connectivity index (χ1n) is 5.17. The first kappa shape index (κ1) is 9.53. The second-order valence-electron chi connectivity index (χ2n) is 4.37. The Morgan fingerprint density at radius 1 is 1.50 bits per heavy atom. The van der Waals surface area contributed by atoms with Crippen LogP contribution >= 0.6 is 0 Å². The van der Waals surface area contributed by atoms with Gasteiger partial charge in [-0.3, -0.25) is 0 Å². The van der Waals surface area contributed by atoms with E-state index in [1.807, 2.05) is 0 Å². The van der Waals surface area contributed by atoms with Crippen LogP contribution < -0.4 is 10.6 Å². The van der Waals surface area contributed by atoms with Gasteiger partial charge >= 0.3 is 0 Å². The van der Waals surface area contributed by atoms with Gasteiger partial charge in [0, 0.05) is 24.8 Å². The first-order valence-corrected chi connectivity index (χ1v) is 5.17. The van der Waals surface area contributed by atoms with Crippen molar-refractivity contribution in [3.63, 3.8) is 0 Å². The number of aryl methyl sites for hydroxylation is 1. The number of anilines is 1. The molecule has 2 atom stereocenters. The molecule has 2 unspecified atom stereocenters. The van der Waals surface area contributed by atoms with Gasteiger partial charge in [0.1, 0.15) is 0 Å². The van der Waals surface area contributed by atoms with Crippen molar-refractivity contribution in [2.45, 2.75) is 32.4 Å². The van der Waals surface area contributed by atoms with Crippen molar-refractivity contribution in [1.82, 2.24) is 0 Å². The van der Waals surface area contributed by atoms with Gasteiger partial charge < -0.3 is 10.6 Å². The highest BCUT2D eigenvalue weighted by molar-refractivity contribution is 5.60. The Morgan fingerprint density at radius 3 is 2.86 bits per heavy atom. The molecule has 0 spiro atoms. The largest absolute Gasteiger partial charge is 0.370 e. The van der Waals surface area contributed by atoms with Gasteiger partial charge in [-0.1, -0.05) is 17.7 Å². The SMILES string of the molecule is Cc1ccc2c(c1)CC(C(C)N)N2C. The molecule has 0 aromatic heterocycles. The number of benzene rings is 1. The molecule has 2 N–H and O–H groups in total. The summed E-state index contributed by atoms with van der Waals surface area (Å²) >= 11 is 0. The number of likely N-dealkylation sites (N-methyl/N-ethyl adjacent to an activating group) is 1. The predicted octanol–water partition coefficient (Wildman–Crippen LogP) is 1.70. The monoisotopic (exact) mass is 190 g/mol. The van der Waals surface area contributed by atoms with E-state index in [1.165, 1.54) is 16.8 Å². The summed E-state index contributed by atoms with van der Waals surface area (Å²) in [4.78, 5) is 2.31. The predicted molar refractivity (Wildman–Crippen MR) is 60.7 cm³/mol. The molecule has 1 heterocycles. The molecule has 0 bridgehead atoms. The van der Waals surface area contributed by atoms with Gasteiger partial charge in [0.05, 0.1) is 0 Å². The zero-order valence-corrected chi connectivity index (χ0v) is 9.12. The Kier molecular flexibility index (Phi) is 2.23. The van der Waals surface area contributed by atoms with Crippen molar-refractivity contribution >= 4 is 5.69 Å². The van der Waals surface area contributed by atoms with Gasteiger partial charge in [-0.15, -0.1) is 0 Å². The minimum absolute atomic E-state index is 0.229. The highest BCUT2D eigenvalue weighted by Crippen LogP contribution is 2.32. The normalized spacial score (nSPS) is 22.3. The highest BCUT2D eigenvalue weighted by Gasteiger charge is 2.28. The Labute approximate surface area is 85.7 Å². The summed E-state index contributed by atoms with van der Waals surface area (Å²) < 4.78 is 0. The topological polar surface area (TPSA) is 29.3 Å². The van der Waals surface area contributed by atoms with Gasteiger partial charge in [0.2, 0.25) is 0 Å². The van der Waals surface area contributed by atoms with Crippen molar-refractivity contribution in [2.24, 2.45) is 5.73 Å². The molecule has 0 radical (unpaired) electrons. The molecule has 0 fully saturated rings. The van der Waals surface area contributed by atoms with Crippen LogP contribution in [0.2, 0.25) is 0 Å². The number of rotatable bonds is 1. The fraction of sp³-hybridized carbons (Fsp3) is 0.500. The number of hydrogen-bond acceptors (Lipinski definition) is 2. The van der Waals surface area contributed by atoms with E-state index in [2.05, 4.69) is 44.0 Å². The van der Waals surface area contributed by atoms with Crippen LogP contribution in [0.4, 0.5) is 5.69 Å². The molecular formula is C12H18N2. The van der Waals surface area contributed by atoms with Crippen molar-refractivity contribution in [3.8, 4) is 0 Å². The van der Waals surface area contributed by atoms with E-state index in [1.54, 1.807) is 0 Å². The molecule has 2 heteroatoms. The molecule has 76 valence electrons. The first-order chi connectivity index (χ1) is 6.59. The van der Waals surface area contributed by atoms with Crippen LogP contribution in [-0.4, -0.2) is 19.1 Å². The van der Waals surface area contributed by atoms with Crippen LogP contribution in [0.15, 0.2) is 18.2 Å².